The van der Waals surface area contributed by atoms with Crippen LogP contribution in [0, 0.1) is 0 Å². The first kappa shape index (κ1) is 7.63. The lowest BCUT2D eigenvalue weighted by molar-refractivity contribution is 0.737. The van der Waals surface area contributed by atoms with Gasteiger partial charge in [0.05, 0.1) is 10.5 Å². The van der Waals surface area contributed by atoms with Crippen molar-refractivity contribution in [2.75, 3.05) is 0 Å². The van der Waals surface area contributed by atoms with Crippen LogP contribution in [0.5, 0.6) is 0 Å². The molecule has 0 unspecified atom stereocenters. The van der Waals surface area contributed by atoms with Crippen molar-refractivity contribution in [2.24, 2.45) is 5.73 Å². The molecule has 1 aromatic heterocycles. The lowest BCUT2D eigenvalue weighted by atomic mass is 10.3. The summed E-state index contributed by atoms with van der Waals surface area (Å²) in [7, 11) is 0. The second kappa shape index (κ2) is 3.07. The van der Waals surface area contributed by atoms with Gasteiger partial charge >= 0.3 is 0 Å². The highest BCUT2D eigenvalue weighted by Gasteiger charge is 1.99. The Hall–Kier alpha value is -0.480. The first-order valence-electron chi connectivity index (χ1n) is 2.93. The number of nitrogens with two attached hydrogens (primary N) is 1. The average Bonchev–Trinajstić information content (AvgIpc) is 1.88. The lowest BCUT2D eigenvalue weighted by Gasteiger charge is -2.00. The molecule has 0 aromatic carbocycles. The molecule has 4 heteroatoms. The number of aromatic nitrogens is 2. The van der Waals surface area contributed by atoms with Crippen molar-refractivity contribution >= 4 is 15.9 Å². The molecule has 0 radical (unpaired) electrons. The Morgan fingerprint density at radius 1 is 1.50 bits per heavy atom. The number of hydrogen-bond acceptors (Lipinski definition) is 3. The van der Waals surface area contributed by atoms with Crippen LogP contribution < -0.4 is 5.73 Å². The maximum atomic E-state index is 5.52. The summed E-state index contributed by atoms with van der Waals surface area (Å²) in [4.78, 5) is 7.99. The average molecular weight is 202 g/mol. The Balaban J connectivity index is 2.89. The molecule has 0 aliphatic heterocycles. The van der Waals surface area contributed by atoms with E-state index >= 15 is 0 Å². The van der Waals surface area contributed by atoms with Gasteiger partial charge in [0.1, 0.15) is 5.82 Å². The topological polar surface area (TPSA) is 51.8 Å². The molecule has 1 aromatic rings. The third-order valence-corrected chi connectivity index (χ3v) is 1.46. The first-order valence-corrected chi connectivity index (χ1v) is 3.72. The second-order valence-corrected chi connectivity index (χ2v) is 2.96. The minimum absolute atomic E-state index is 0.0897. The Labute approximate surface area is 67.8 Å². The molecule has 1 heterocycles. The summed E-state index contributed by atoms with van der Waals surface area (Å²) >= 11 is 3.23. The van der Waals surface area contributed by atoms with E-state index in [0.29, 0.717) is 5.82 Å². The monoisotopic (exact) mass is 201 g/mol. The fourth-order valence-corrected chi connectivity index (χ4v) is 0.762. The molecule has 0 saturated heterocycles. The Morgan fingerprint density at radius 3 is 2.40 bits per heavy atom. The number of rotatable bonds is 1. The van der Waals surface area contributed by atoms with Gasteiger partial charge in [-0.1, -0.05) is 0 Å². The van der Waals surface area contributed by atoms with Crippen LogP contribution in [0.25, 0.3) is 0 Å². The van der Waals surface area contributed by atoms with Gasteiger partial charge in [0.2, 0.25) is 0 Å². The van der Waals surface area contributed by atoms with Crippen molar-refractivity contribution in [1.29, 1.82) is 0 Å². The molecule has 1 atom stereocenters. The third kappa shape index (κ3) is 1.75. The summed E-state index contributed by atoms with van der Waals surface area (Å²) in [6.07, 6.45) is 3.37. The quantitative estimate of drug-likeness (QED) is 0.745. The lowest BCUT2D eigenvalue weighted by Crippen LogP contribution is -2.08. The summed E-state index contributed by atoms with van der Waals surface area (Å²) in [5.41, 5.74) is 5.52. The van der Waals surface area contributed by atoms with E-state index in [9.17, 15) is 0 Å². The van der Waals surface area contributed by atoms with E-state index in [1.807, 2.05) is 6.92 Å². The number of halogens is 1. The molecular formula is C6H8BrN3. The highest BCUT2D eigenvalue weighted by atomic mass is 79.9. The van der Waals surface area contributed by atoms with Gasteiger partial charge in [0.25, 0.3) is 0 Å². The summed E-state index contributed by atoms with van der Waals surface area (Å²) in [5, 5.41) is 0. The van der Waals surface area contributed by atoms with E-state index < -0.39 is 0 Å². The minimum Gasteiger partial charge on any atom is -0.322 e. The van der Waals surface area contributed by atoms with Crippen molar-refractivity contribution < 1.29 is 0 Å². The molecule has 3 nitrogen and oxygen atoms in total. The molecule has 0 spiro atoms. The summed E-state index contributed by atoms with van der Waals surface area (Å²) < 4.78 is 0.872. The molecule has 0 amide bonds. The fraction of sp³-hybridized carbons (Fsp3) is 0.333. The fourth-order valence-electron chi connectivity index (χ4n) is 0.557. The Morgan fingerprint density at radius 2 is 2.00 bits per heavy atom. The van der Waals surface area contributed by atoms with E-state index in [0.717, 1.165) is 4.47 Å². The first-order chi connectivity index (χ1) is 4.70. The molecule has 0 saturated carbocycles. The van der Waals surface area contributed by atoms with Crippen LogP contribution >= 0.6 is 15.9 Å². The normalized spacial score (nSPS) is 13.1. The van der Waals surface area contributed by atoms with E-state index in [-0.39, 0.29) is 6.04 Å². The molecular weight excluding hydrogens is 194 g/mol. The summed E-state index contributed by atoms with van der Waals surface area (Å²) in [6.45, 7) is 1.85. The highest BCUT2D eigenvalue weighted by Crippen LogP contribution is 2.07. The van der Waals surface area contributed by atoms with Crippen molar-refractivity contribution in [1.82, 2.24) is 9.97 Å². The maximum absolute atomic E-state index is 5.52. The molecule has 0 fully saturated rings. The zero-order valence-corrected chi connectivity index (χ0v) is 7.17. The van der Waals surface area contributed by atoms with E-state index in [2.05, 4.69) is 25.9 Å². The van der Waals surface area contributed by atoms with Crippen molar-refractivity contribution in [3.05, 3.63) is 22.7 Å². The molecule has 0 bridgehead atoms. The van der Waals surface area contributed by atoms with E-state index in [4.69, 9.17) is 5.73 Å². The minimum atomic E-state index is -0.0897. The third-order valence-electron chi connectivity index (χ3n) is 1.05. The standard InChI is InChI=1S/C6H8BrN3/c1-4(8)6-9-2-5(7)3-10-6/h2-4H,8H2,1H3/t4-/m1/s1. The largest absolute Gasteiger partial charge is 0.322 e. The van der Waals surface area contributed by atoms with Crippen LogP contribution in [0.15, 0.2) is 16.9 Å². The molecule has 0 aliphatic carbocycles. The molecule has 0 aliphatic rings. The predicted molar refractivity (Wildman–Crippen MR) is 42.3 cm³/mol. The van der Waals surface area contributed by atoms with Crippen molar-refractivity contribution in [3.63, 3.8) is 0 Å². The van der Waals surface area contributed by atoms with Gasteiger partial charge in [-0.3, -0.25) is 0 Å². The predicted octanol–water partition coefficient (Wildman–Crippen LogP) is 1.26. The number of nitrogens with zero attached hydrogens (tertiary/aromatic N) is 2. The van der Waals surface area contributed by atoms with Crippen LogP contribution in [0.4, 0.5) is 0 Å². The van der Waals surface area contributed by atoms with Crippen molar-refractivity contribution in [2.45, 2.75) is 13.0 Å². The Bertz CT molecular complexity index is 207. The second-order valence-electron chi connectivity index (χ2n) is 2.05. The van der Waals surface area contributed by atoms with Gasteiger partial charge in [-0.05, 0) is 22.9 Å². The molecule has 54 valence electrons. The van der Waals surface area contributed by atoms with Crippen LogP contribution in [0.1, 0.15) is 18.8 Å². The smallest absolute Gasteiger partial charge is 0.144 e. The van der Waals surface area contributed by atoms with Gasteiger partial charge < -0.3 is 5.73 Å². The van der Waals surface area contributed by atoms with Crippen LogP contribution in [-0.4, -0.2) is 9.97 Å². The van der Waals surface area contributed by atoms with E-state index in [1.165, 1.54) is 0 Å². The zero-order chi connectivity index (χ0) is 7.56. The van der Waals surface area contributed by atoms with Crippen molar-refractivity contribution in [3.8, 4) is 0 Å². The van der Waals surface area contributed by atoms with Crippen LogP contribution in [0.3, 0.4) is 0 Å². The molecule has 10 heavy (non-hydrogen) atoms. The SMILES string of the molecule is C[C@@H](N)c1ncc(Br)cn1. The highest BCUT2D eigenvalue weighted by molar-refractivity contribution is 9.10. The van der Waals surface area contributed by atoms with E-state index in [1.54, 1.807) is 12.4 Å². The zero-order valence-electron chi connectivity index (χ0n) is 5.58. The van der Waals surface area contributed by atoms with Gasteiger partial charge in [-0.2, -0.15) is 0 Å². The van der Waals surface area contributed by atoms with Crippen LogP contribution in [-0.2, 0) is 0 Å². The number of hydrogen-bond donors (Lipinski definition) is 1. The maximum Gasteiger partial charge on any atom is 0.144 e. The van der Waals surface area contributed by atoms with Gasteiger partial charge in [-0.25, -0.2) is 9.97 Å². The van der Waals surface area contributed by atoms with Gasteiger partial charge in [-0.15, -0.1) is 0 Å². The summed E-state index contributed by atoms with van der Waals surface area (Å²) in [5.74, 6) is 0.670. The summed E-state index contributed by atoms with van der Waals surface area (Å²) in [6, 6.07) is -0.0897. The molecule has 2 N–H and O–H groups in total. The van der Waals surface area contributed by atoms with Gasteiger partial charge in [0, 0.05) is 12.4 Å². The van der Waals surface area contributed by atoms with Gasteiger partial charge in [0.15, 0.2) is 0 Å². The molecule has 1 rings (SSSR count). The Kier molecular flexibility index (Phi) is 2.34. The van der Waals surface area contributed by atoms with Crippen LogP contribution in [0.2, 0.25) is 0 Å².